The fraction of sp³-hybridized carbons (Fsp3) is 0.250. The van der Waals surface area contributed by atoms with E-state index in [9.17, 15) is 14.7 Å². The van der Waals surface area contributed by atoms with Crippen molar-refractivity contribution in [1.29, 1.82) is 0 Å². The smallest absolute Gasteiger partial charge is 0.341 e. The summed E-state index contributed by atoms with van der Waals surface area (Å²) in [6.45, 7) is 6.68. The van der Waals surface area contributed by atoms with Gasteiger partial charge < -0.3 is 9.67 Å². The number of nitrogens with zero attached hydrogens (tertiary/aromatic N) is 1. The van der Waals surface area contributed by atoms with Gasteiger partial charge >= 0.3 is 5.97 Å². The molecule has 156 valence electrons. The lowest BCUT2D eigenvalue weighted by atomic mass is 9.97. The zero-order chi connectivity index (χ0) is 22.0. The highest BCUT2D eigenvalue weighted by Gasteiger charge is 2.22. The van der Waals surface area contributed by atoms with Crippen molar-refractivity contribution in [2.75, 3.05) is 0 Å². The molecule has 0 aliphatic rings. The van der Waals surface area contributed by atoms with Crippen molar-refractivity contribution in [2.24, 2.45) is 0 Å². The standard InChI is InChI=1S/C24H23Cl2NO3/c1-4-27-18(11-15-6-5-7-16(10-15)14(2)3)13-21(28)22(24(29)30)23(27)17-8-9-19(25)20(26)12-17/h5-10,12-14H,4,11H2,1-3H3,(H,29,30). The Labute approximate surface area is 185 Å². The number of benzene rings is 2. The molecule has 1 aromatic heterocycles. The van der Waals surface area contributed by atoms with E-state index in [0.717, 1.165) is 11.3 Å². The van der Waals surface area contributed by atoms with Gasteiger partial charge in [0.15, 0.2) is 5.43 Å². The number of carbonyl (C=O) groups is 1. The van der Waals surface area contributed by atoms with Crippen molar-refractivity contribution in [3.63, 3.8) is 0 Å². The normalized spacial score (nSPS) is 11.1. The van der Waals surface area contributed by atoms with E-state index in [1.165, 1.54) is 11.6 Å². The molecule has 0 fully saturated rings. The molecule has 3 rings (SSSR count). The first-order chi connectivity index (χ1) is 14.2. The van der Waals surface area contributed by atoms with E-state index in [0.29, 0.717) is 40.2 Å². The second kappa shape index (κ2) is 9.07. The van der Waals surface area contributed by atoms with Gasteiger partial charge in [-0.3, -0.25) is 4.79 Å². The highest BCUT2D eigenvalue weighted by molar-refractivity contribution is 6.42. The Balaban J connectivity index is 2.24. The van der Waals surface area contributed by atoms with E-state index in [-0.39, 0.29) is 5.56 Å². The molecule has 0 aliphatic carbocycles. The minimum Gasteiger partial charge on any atom is -0.477 e. The Kier molecular flexibility index (Phi) is 6.69. The van der Waals surface area contributed by atoms with Gasteiger partial charge in [0, 0.05) is 30.3 Å². The number of hydrogen-bond acceptors (Lipinski definition) is 2. The lowest BCUT2D eigenvalue weighted by molar-refractivity contribution is 0.0695. The Morgan fingerprint density at radius 1 is 1.07 bits per heavy atom. The largest absolute Gasteiger partial charge is 0.477 e. The highest BCUT2D eigenvalue weighted by Crippen LogP contribution is 2.31. The van der Waals surface area contributed by atoms with Crippen LogP contribution in [0.15, 0.2) is 53.3 Å². The molecule has 6 heteroatoms. The molecular formula is C24H23Cl2NO3. The van der Waals surface area contributed by atoms with Gasteiger partial charge in [-0.25, -0.2) is 4.79 Å². The van der Waals surface area contributed by atoms with Gasteiger partial charge in [-0.15, -0.1) is 0 Å². The average Bonchev–Trinajstić information content (AvgIpc) is 2.69. The molecule has 0 aliphatic heterocycles. The number of aromatic carboxylic acids is 1. The van der Waals surface area contributed by atoms with Crippen LogP contribution in [0.4, 0.5) is 0 Å². The Morgan fingerprint density at radius 2 is 1.80 bits per heavy atom. The Bertz CT molecular complexity index is 1170. The molecule has 0 amide bonds. The molecule has 0 radical (unpaired) electrons. The summed E-state index contributed by atoms with van der Waals surface area (Å²) in [5.41, 5.74) is 3.10. The summed E-state index contributed by atoms with van der Waals surface area (Å²) in [6, 6.07) is 14.5. The van der Waals surface area contributed by atoms with E-state index in [4.69, 9.17) is 23.2 Å². The van der Waals surface area contributed by atoms with Gasteiger partial charge in [-0.2, -0.15) is 0 Å². The number of hydrogen-bond donors (Lipinski definition) is 1. The van der Waals surface area contributed by atoms with Crippen LogP contribution in [0.5, 0.6) is 0 Å². The van der Waals surface area contributed by atoms with Crippen LogP contribution in [0.2, 0.25) is 10.0 Å². The van der Waals surface area contributed by atoms with E-state index < -0.39 is 11.4 Å². The molecule has 0 saturated carbocycles. The molecule has 0 atom stereocenters. The second-order valence-corrected chi connectivity index (χ2v) is 8.29. The first-order valence-electron chi connectivity index (χ1n) is 9.77. The van der Waals surface area contributed by atoms with Gasteiger partial charge in [-0.1, -0.05) is 67.4 Å². The van der Waals surface area contributed by atoms with Gasteiger partial charge in [0.05, 0.1) is 15.7 Å². The molecule has 2 aromatic carbocycles. The van der Waals surface area contributed by atoms with E-state index in [1.807, 2.05) is 23.6 Å². The molecule has 1 N–H and O–H groups in total. The maximum Gasteiger partial charge on any atom is 0.341 e. The molecule has 0 spiro atoms. The zero-order valence-electron chi connectivity index (χ0n) is 17.1. The molecular weight excluding hydrogens is 421 g/mol. The number of rotatable bonds is 6. The molecule has 0 unspecified atom stereocenters. The second-order valence-electron chi connectivity index (χ2n) is 7.48. The van der Waals surface area contributed by atoms with Crippen LogP contribution < -0.4 is 5.43 Å². The summed E-state index contributed by atoms with van der Waals surface area (Å²) >= 11 is 12.2. The van der Waals surface area contributed by atoms with E-state index in [2.05, 4.69) is 26.0 Å². The molecule has 30 heavy (non-hydrogen) atoms. The number of carboxylic acid groups (broad SMARTS) is 1. The summed E-state index contributed by atoms with van der Waals surface area (Å²) in [4.78, 5) is 24.8. The first kappa shape index (κ1) is 22.1. The van der Waals surface area contributed by atoms with E-state index in [1.54, 1.807) is 18.2 Å². The van der Waals surface area contributed by atoms with Gasteiger partial charge in [0.1, 0.15) is 5.56 Å². The number of aromatic nitrogens is 1. The Morgan fingerprint density at radius 3 is 2.40 bits per heavy atom. The third-order valence-corrected chi connectivity index (χ3v) is 5.86. The van der Waals surface area contributed by atoms with Crippen LogP contribution >= 0.6 is 23.2 Å². The fourth-order valence-corrected chi connectivity index (χ4v) is 3.92. The SMILES string of the molecule is CCn1c(Cc2cccc(C(C)C)c2)cc(=O)c(C(=O)O)c1-c1ccc(Cl)c(Cl)c1. The monoisotopic (exact) mass is 443 g/mol. The molecule has 0 bridgehead atoms. The lowest BCUT2D eigenvalue weighted by Gasteiger charge is -2.20. The third-order valence-electron chi connectivity index (χ3n) is 5.12. The van der Waals surface area contributed by atoms with Crippen molar-refractivity contribution < 1.29 is 9.90 Å². The fourth-order valence-electron chi connectivity index (χ4n) is 3.63. The summed E-state index contributed by atoms with van der Waals surface area (Å²) < 4.78 is 1.87. The van der Waals surface area contributed by atoms with Crippen LogP contribution in [0.25, 0.3) is 11.3 Å². The Hall–Kier alpha value is -2.56. The van der Waals surface area contributed by atoms with E-state index >= 15 is 0 Å². The maximum absolute atomic E-state index is 12.8. The summed E-state index contributed by atoms with van der Waals surface area (Å²) in [6.07, 6.45) is 0.512. The summed E-state index contributed by atoms with van der Waals surface area (Å²) in [5, 5.41) is 10.4. The third kappa shape index (κ3) is 4.45. The number of pyridine rings is 1. The average molecular weight is 444 g/mol. The van der Waals surface area contributed by atoms with Crippen LogP contribution in [0, 0.1) is 0 Å². The predicted octanol–water partition coefficient (Wildman–Crippen LogP) is 6.25. The topological polar surface area (TPSA) is 59.3 Å². The minimum atomic E-state index is -1.27. The highest BCUT2D eigenvalue weighted by atomic mass is 35.5. The number of halogens is 2. The van der Waals surface area contributed by atoms with Crippen molar-refractivity contribution in [3.8, 4) is 11.3 Å². The molecule has 4 nitrogen and oxygen atoms in total. The van der Waals surface area contributed by atoms with Gasteiger partial charge in [0.25, 0.3) is 0 Å². The molecule has 3 aromatic rings. The summed E-state index contributed by atoms with van der Waals surface area (Å²) in [5.74, 6) is -0.879. The first-order valence-corrected chi connectivity index (χ1v) is 10.5. The van der Waals surface area contributed by atoms with Gasteiger partial charge in [0.2, 0.25) is 0 Å². The summed E-state index contributed by atoms with van der Waals surface area (Å²) in [7, 11) is 0. The quantitative estimate of drug-likeness (QED) is 0.489. The van der Waals surface area contributed by atoms with Crippen molar-refractivity contribution in [1.82, 2.24) is 4.57 Å². The van der Waals surface area contributed by atoms with Crippen molar-refractivity contribution in [3.05, 3.63) is 91.2 Å². The zero-order valence-corrected chi connectivity index (χ0v) is 18.6. The maximum atomic E-state index is 12.8. The van der Waals surface area contributed by atoms with Crippen LogP contribution in [0.1, 0.15) is 53.9 Å². The van der Waals surface area contributed by atoms with Crippen molar-refractivity contribution >= 4 is 29.2 Å². The van der Waals surface area contributed by atoms with Crippen molar-refractivity contribution in [2.45, 2.75) is 39.7 Å². The lowest BCUT2D eigenvalue weighted by Crippen LogP contribution is -2.23. The molecule has 0 saturated heterocycles. The van der Waals surface area contributed by atoms with Crippen LogP contribution in [0.3, 0.4) is 0 Å². The van der Waals surface area contributed by atoms with Gasteiger partial charge in [-0.05, 0) is 36.1 Å². The molecule has 1 heterocycles. The van der Waals surface area contributed by atoms with Crippen LogP contribution in [-0.2, 0) is 13.0 Å². The predicted molar refractivity (Wildman–Crippen MR) is 122 cm³/mol. The minimum absolute atomic E-state index is 0.269. The number of carboxylic acids is 1. The van der Waals surface area contributed by atoms with Crippen LogP contribution in [-0.4, -0.2) is 15.6 Å².